The van der Waals surface area contributed by atoms with E-state index in [1.807, 2.05) is 18.5 Å². The number of rotatable bonds is 4. The molecule has 1 aromatic rings. The molecular weight excluding hydrogens is 370 g/mol. The predicted octanol–water partition coefficient (Wildman–Crippen LogP) is 5.32. The van der Waals surface area contributed by atoms with Crippen LogP contribution < -0.4 is 0 Å². The maximum absolute atomic E-state index is 11.2. The largest absolute Gasteiger partial charge is 0.393 e. The van der Waals surface area contributed by atoms with E-state index in [1.54, 1.807) is 5.57 Å². The third kappa shape index (κ3) is 3.28. The number of aromatic nitrogens is 1. The fourth-order valence-electron chi connectivity index (χ4n) is 8.38. The van der Waals surface area contributed by atoms with E-state index in [2.05, 4.69) is 31.0 Å². The van der Waals surface area contributed by atoms with Gasteiger partial charge >= 0.3 is 0 Å². The van der Waals surface area contributed by atoms with Crippen molar-refractivity contribution in [3.63, 3.8) is 0 Å². The Kier molecular flexibility index (Phi) is 5.34. The monoisotopic (exact) mass is 409 g/mol. The highest BCUT2D eigenvalue weighted by molar-refractivity contribution is 5.25. The third-order valence-corrected chi connectivity index (χ3v) is 10.1. The van der Waals surface area contributed by atoms with Gasteiger partial charge in [-0.15, -0.1) is 0 Å². The van der Waals surface area contributed by atoms with Crippen LogP contribution in [0.2, 0.25) is 0 Å². The van der Waals surface area contributed by atoms with E-state index in [-0.39, 0.29) is 17.6 Å². The minimum absolute atomic E-state index is 0.124. The van der Waals surface area contributed by atoms with Crippen LogP contribution in [-0.2, 0) is 6.42 Å². The minimum atomic E-state index is -0.202. The van der Waals surface area contributed by atoms with Crippen molar-refractivity contribution >= 4 is 0 Å². The number of aliphatic hydroxyl groups excluding tert-OH is 2. The first-order valence-corrected chi connectivity index (χ1v) is 12.4. The van der Waals surface area contributed by atoms with Gasteiger partial charge in [-0.2, -0.15) is 0 Å². The van der Waals surface area contributed by atoms with Gasteiger partial charge in [-0.1, -0.05) is 31.6 Å². The number of fused-ring (bicyclic) bond motifs is 5. The highest BCUT2D eigenvalue weighted by atomic mass is 16.3. The minimum Gasteiger partial charge on any atom is -0.393 e. The number of aryl methyl sites for hydroxylation is 1. The Balaban J connectivity index is 1.31. The number of aliphatic hydroxyl groups is 2. The molecule has 0 bridgehead atoms. The molecule has 1 aromatic heterocycles. The molecule has 2 N–H and O–H groups in total. The second kappa shape index (κ2) is 7.74. The van der Waals surface area contributed by atoms with Crippen molar-refractivity contribution in [2.75, 3.05) is 0 Å². The summed E-state index contributed by atoms with van der Waals surface area (Å²) in [6, 6.07) is 4.11. The maximum Gasteiger partial charge on any atom is 0.0577 e. The highest BCUT2D eigenvalue weighted by Gasteiger charge is 2.59. The van der Waals surface area contributed by atoms with Crippen LogP contribution in [0.4, 0.5) is 0 Å². The lowest BCUT2D eigenvalue weighted by Crippen LogP contribution is -2.51. The number of nitrogens with zero attached hydrogens (tertiary/aromatic N) is 1. The normalized spacial score (nSPS) is 43.9. The zero-order chi connectivity index (χ0) is 20.9. The van der Waals surface area contributed by atoms with Gasteiger partial charge in [0.15, 0.2) is 0 Å². The molecule has 4 aliphatic carbocycles. The molecule has 0 aliphatic heterocycles. The van der Waals surface area contributed by atoms with Crippen LogP contribution in [0.3, 0.4) is 0 Å². The zero-order valence-corrected chi connectivity index (χ0v) is 18.8. The molecule has 5 rings (SSSR count). The van der Waals surface area contributed by atoms with Gasteiger partial charge in [-0.05, 0) is 110 Å². The molecule has 3 fully saturated rings. The molecule has 0 spiro atoms. The maximum atomic E-state index is 11.2. The van der Waals surface area contributed by atoms with Crippen molar-refractivity contribution in [2.45, 2.75) is 90.3 Å². The Bertz CT molecular complexity index is 791. The van der Waals surface area contributed by atoms with E-state index < -0.39 is 0 Å². The van der Waals surface area contributed by atoms with Gasteiger partial charge in [0.2, 0.25) is 0 Å². The lowest BCUT2D eigenvalue weighted by atomic mass is 9.47. The summed E-state index contributed by atoms with van der Waals surface area (Å²) in [5.41, 5.74) is 3.38. The van der Waals surface area contributed by atoms with Crippen LogP contribution in [0.1, 0.15) is 77.2 Å². The van der Waals surface area contributed by atoms with Crippen molar-refractivity contribution in [2.24, 2.45) is 34.5 Å². The predicted molar refractivity (Wildman–Crippen MR) is 120 cm³/mol. The van der Waals surface area contributed by atoms with Gasteiger partial charge < -0.3 is 10.2 Å². The lowest BCUT2D eigenvalue weighted by molar-refractivity contribution is -0.0713. The summed E-state index contributed by atoms with van der Waals surface area (Å²) in [6.07, 6.45) is 17.0. The first-order chi connectivity index (χ1) is 14.4. The summed E-state index contributed by atoms with van der Waals surface area (Å²) in [5.74, 6) is 2.72. The van der Waals surface area contributed by atoms with Crippen molar-refractivity contribution in [1.29, 1.82) is 0 Å². The molecule has 3 nitrogen and oxygen atoms in total. The second-order valence-corrected chi connectivity index (χ2v) is 11.4. The van der Waals surface area contributed by atoms with Gasteiger partial charge in [0.1, 0.15) is 0 Å². The van der Waals surface area contributed by atoms with E-state index in [9.17, 15) is 10.2 Å². The molecule has 0 saturated heterocycles. The van der Waals surface area contributed by atoms with Gasteiger partial charge in [-0.3, -0.25) is 4.98 Å². The molecule has 0 amide bonds. The SMILES string of the molecule is CC12CCC(O)CC1=CCC1C2CCC2(C)C(C(O)CCc3cccnc3)CCC12. The number of allylic oxidation sites excluding steroid dienone is 1. The summed E-state index contributed by atoms with van der Waals surface area (Å²) >= 11 is 0. The molecule has 0 radical (unpaired) electrons. The Morgan fingerprint density at radius 3 is 2.80 bits per heavy atom. The molecule has 3 heteroatoms. The Hall–Kier alpha value is -1.19. The standard InChI is InChI=1S/C27H39NO2/c1-26-13-11-20(29)16-19(26)6-7-21-22-8-9-24(27(22,2)14-12-23(21)26)25(30)10-5-18-4-3-15-28-17-18/h3-4,6,15,17,20-25,29-30H,5,7-14,16H2,1-2H3. The van der Waals surface area contributed by atoms with Crippen LogP contribution in [0, 0.1) is 34.5 Å². The third-order valence-electron chi connectivity index (χ3n) is 10.1. The lowest BCUT2D eigenvalue weighted by Gasteiger charge is -2.58. The van der Waals surface area contributed by atoms with E-state index in [0.717, 1.165) is 49.9 Å². The van der Waals surface area contributed by atoms with E-state index in [4.69, 9.17) is 0 Å². The number of hydrogen-bond donors (Lipinski definition) is 2. The van der Waals surface area contributed by atoms with E-state index in [0.29, 0.717) is 11.3 Å². The number of hydrogen-bond acceptors (Lipinski definition) is 3. The summed E-state index contributed by atoms with van der Waals surface area (Å²) in [5, 5.41) is 21.4. The van der Waals surface area contributed by atoms with Gasteiger partial charge in [0.05, 0.1) is 12.2 Å². The number of pyridine rings is 1. The second-order valence-electron chi connectivity index (χ2n) is 11.4. The van der Waals surface area contributed by atoms with Gasteiger partial charge in [-0.25, -0.2) is 0 Å². The Morgan fingerprint density at radius 2 is 2.00 bits per heavy atom. The van der Waals surface area contributed by atoms with Crippen LogP contribution in [0.5, 0.6) is 0 Å². The van der Waals surface area contributed by atoms with Crippen LogP contribution in [-0.4, -0.2) is 27.4 Å². The molecule has 8 unspecified atom stereocenters. The average molecular weight is 410 g/mol. The molecule has 0 aromatic carbocycles. The van der Waals surface area contributed by atoms with Crippen LogP contribution in [0.15, 0.2) is 36.2 Å². The molecule has 30 heavy (non-hydrogen) atoms. The van der Waals surface area contributed by atoms with E-state index in [1.165, 1.54) is 37.7 Å². The molecule has 8 atom stereocenters. The average Bonchev–Trinajstić information content (AvgIpc) is 3.10. The first-order valence-electron chi connectivity index (χ1n) is 12.4. The van der Waals surface area contributed by atoms with E-state index >= 15 is 0 Å². The summed E-state index contributed by atoms with van der Waals surface area (Å²) < 4.78 is 0. The molecule has 3 saturated carbocycles. The highest BCUT2D eigenvalue weighted by Crippen LogP contribution is 2.66. The molecule has 164 valence electrons. The van der Waals surface area contributed by atoms with Crippen LogP contribution >= 0.6 is 0 Å². The molecule has 1 heterocycles. The fourth-order valence-corrected chi connectivity index (χ4v) is 8.38. The van der Waals surface area contributed by atoms with Gasteiger partial charge in [0.25, 0.3) is 0 Å². The first kappa shape index (κ1) is 20.7. The Morgan fingerprint density at radius 1 is 1.13 bits per heavy atom. The zero-order valence-electron chi connectivity index (χ0n) is 18.8. The summed E-state index contributed by atoms with van der Waals surface area (Å²) in [7, 11) is 0. The molecular formula is C27H39NO2. The smallest absolute Gasteiger partial charge is 0.0577 e. The van der Waals surface area contributed by atoms with Crippen molar-refractivity contribution < 1.29 is 10.2 Å². The fraction of sp³-hybridized carbons (Fsp3) is 0.741. The topological polar surface area (TPSA) is 53.4 Å². The summed E-state index contributed by atoms with van der Waals surface area (Å²) in [6.45, 7) is 5.00. The van der Waals surface area contributed by atoms with Crippen molar-refractivity contribution in [3.05, 3.63) is 41.7 Å². The summed E-state index contributed by atoms with van der Waals surface area (Å²) in [4.78, 5) is 4.23. The Labute approximate surface area is 182 Å². The quantitative estimate of drug-likeness (QED) is 0.662. The molecule has 4 aliphatic rings. The van der Waals surface area contributed by atoms with Crippen molar-refractivity contribution in [3.8, 4) is 0 Å². The van der Waals surface area contributed by atoms with Crippen molar-refractivity contribution in [1.82, 2.24) is 4.98 Å². The van der Waals surface area contributed by atoms with Crippen LogP contribution in [0.25, 0.3) is 0 Å². The van der Waals surface area contributed by atoms with Gasteiger partial charge in [0, 0.05) is 12.4 Å².